The molecule has 6 heteroatoms. The first-order valence-corrected chi connectivity index (χ1v) is 6.75. The van der Waals surface area contributed by atoms with Crippen molar-refractivity contribution in [3.8, 4) is 5.75 Å². The molecular weight excluding hydrogens is 279 g/mol. The van der Waals surface area contributed by atoms with Gasteiger partial charge in [0.1, 0.15) is 0 Å². The van der Waals surface area contributed by atoms with Gasteiger partial charge in [-0.05, 0) is 19.9 Å². The SMILES string of the molecule is CCOC(Cc1ccc(C(=O)OC)c(F)c1OC)OCC. The van der Waals surface area contributed by atoms with Crippen molar-refractivity contribution >= 4 is 5.97 Å². The van der Waals surface area contributed by atoms with Crippen LogP contribution in [0.1, 0.15) is 29.8 Å². The van der Waals surface area contributed by atoms with Crippen LogP contribution in [0.3, 0.4) is 0 Å². The minimum absolute atomic E-state index is 0.00214. The summed E-state index contributed by atoms with van der Waals surface area (Å²) in [5.41, 5.74) is 0.400. The van der Waals surface area contributed by atoms with E-state index in [-0.39, 0.29) is 11.3 Å². The van der Waals surface area contributed by atoms with Crippen LogP contribution in [0.2, 0.25) is 0 Å². The molecule has 0 aromatic heterocycles. The standard InChI is InChI=1S/C15H21FO5/c1-5-20-12(21-6-2)9-10-7-8-11(15(17)19-4)13(16)14(10)18-3/h7-8,12H,5-6,9H2,1-4H3. The van der Waals surface area contributed by atoms with Crippen LogP contribution in [0.5, 0.6) is 5.75 Å². The third-order valence-corrected chi connectivity index (χ3v) is 2.88. The first kappa shape index (κ1) is 17.4. The highest BCUT2D eigenvalue weighted by atomic mass is 19.1. The van der Waals surface area contributed by atoms with Crippen LogP contribution in [-0.4, -0.2) is 39.7 Å². The Balaban J connectivity index is 3.07. The minimum Gasteiger partial charge on any atom is -0.493 e. The highest BCUT2D eigenvalue weighted by Crippen LogP contribution is 2.28. The lowest BCUT2D eigenvalue weighted by Gasteiger charge is -2.19. The first-order chi connectivity index (χ1) is 10.1. The van der Waals surface area contributed by atoms with Gasteiger partial charge in [-0.2, -0.15) is 0 Å². The topological polar surface area (TPSA) is 54.0 Å². The lowest BCUT2D eigenvalue weighted by Crippen LogP contribution is -2.21. The third-order valence-electron chi connectivity index (χ3n) is 2.88. The van der Waals surface area contributed by atoms with Crippen LogP contribution in [0.25, 0.3) is 0 Å². The molecule has 0 aliphatic carbocycles. The van der Waals surface area contributed by atoms with E-state index in [1.54, 1.807) is 6.07 Å². The number of benzene rings is 1. The van der Waals surface area contributed by atoms with Crippen LogP contribution in [-0.2, 0) is 20.6 Å². The molecule has 0 bridgehead atoms. The zero-order chi connectivity index (χ0) is 15.8. The van der Waals surface area contributed by atoms with E-state index in [0.29, 0.717) is 25.2 Å². The number of esters is 1. The van der Waals surface area contributed by atoms with Crippen LogP contribution in [0.4, 0.5) is 4.39 Å². The molecule has 0 saturated heterocycles. The molecule has 0 saturated carbocycles. The molecule has 0 atom stereocenters. The third kappa shape index (κ3) is 4.41. The molecule has 0 radical (unpaired) electrons. The van der Waals surface area contributed by atoms with Gasteiger partial charge in [0.05, 0.1) is 19.8 Å². The molecular formula is C15H21FO5. The maximum atomic E-state index is 14.3. The molecule has 0 heterocycles. The number of ether oxygens (including phenoxy) is 4. The average Bonchev–Trinajstić information content (AvgIpc) is 2.47. The average molecular weight is 300 g/mol. The minimum atomic E-state index is -0.747. The molecule has 0 unspecified atom stereocenters. The smallest absolute Gasteiger partial charge is 0.340 e. The summed E-state index contributed by atoms with van der Waals surface area (Å²) in [5, 5.41) is 0. The molecule has 1 aromatic carbocycles. The summed E-state index contributed by atoms with van der Waals surface area (Å²) in [6.45, 7) is 4.67. The molecule has 1 rings (SSSR count). The van der Waals surface area contributed by atoms with Crippen LogP contribution < -0.4 is 4.74 Å². The molecule has 0 amide bonds. The molecule has 118 valence electrons. The maximum absolute atomic E-state index is 14.3. The Bertz CT molecular complexity index is 469. The van der Waals surface area contributed by atoms with Gasteiger partial charge in [-0.15, -0.1) is 0 Å². The number of hydrogen-bond donors (Lipinski definition) is 0. The van der Waals surface area contributed by atoms with Gasteiger partial charge in [-0.1, -0.05) is 6.07 Å². The van der Waals surface area contributed by atoms with Crippen molar-refractivity contribution in [3.63, 3.8) is 0 Å². The number of carbonyl (C=O) groups is 1. The van der Waals surface area contributed by atoms with Crippen LogP contribution in [0.15, 0.2) is 12.1 Å². The fourth-order valence-electron chi connectivity index (χ4n) is 1.96. The van der Waals surface area contributed by atoms with Gasteiger partial charge in [-0.3, -0.25) is 0 Å². The number of halogens is 1. The molecule has 0 aliphatic heterocycles. The zero-order valence-corrected chi connectivity index (χ0v) is 12.8. The largest absolute Gasteiger partial charge is 0.493 e. The van der Waals surface area contributed by atoms with E-state index in [2.05, 4.69) is 4.74 Å². The van der Waals surface area contributed by atoms with Crippen molar-refractivity contribution in [2.24, 2.45) is 0 Å². The number of rotatable bonds is 8. The van der Waals surface area contributed by atoms with Gasteiger partial charge in [0.2, 0.25) is 0 Å². The van der Waals surface area contributed by atoms with Gasteiger partial charge in [0.15, 0.2) is 17.9 Å². The predicted octanol–water partition coefficient (Wildman–Crippen LogP) is 2.56. The summed E-state index contributed by atoms with van der Waals surface area (Å²) < 4.78 is 34.8. The highest BCUT2D eigenvalue weighted by molar-refractivity contribution is 5.90. The summed E-state index contributed by atoms with van der Waals surface area (Å²) >= 11 is 0. The lowest BCUT2D eigenvalue weighted by atomic mass is 10.1. The van der Waals surface area contributed by atoms with Crippen LogP contribution in [0, 0.1) is 5.82 Å². The predicted molar refractivity (Wildman–Crippen MR) is 75.0 cm³/mol. The molecule has 0 fully saturated rings. The molecule has 5 nitrogen and oxygen atoms in total. The van der Waals surface area contributed by atoms with Gasteiger partial charge in [0, 0.05) is 25.2 Å². The second kappa shape index (κ2) is 8.59. The maximum Gasteiger partial charge on any atom is 0.340 e. The van der Waals surface area contributed by atoms with Crippen molar-refractivity contribution in [1.82, 2.24) is 0 Å². The van der Waals surface area contributed by atoms with E-state index >= 15 is 0 Å². The van der Waals surface area contributed by atoms with E-state index in [4.69, 9.17) is 14.2 Å². The van der Waals surface area contributed by atoms with Gasteiger partial charge in [-0.25, -0.2) is 9.18 Å². The fraction of sp³-hybridized carbons (Fsp3) is 0.533. The van der Waals surface area contributed by atoms with Crippen molar-refractivity contribution in [2.45, 2.75) is 26.6 Å². The van der Waals surface area contributed by atoms with Gasteiger partial charge >= 0.3 is 5.97 Å². The number of hydrogen-bond acceptors (Lipinski definition) is 5. The summed E-state index contributed by atoms with van der Waals surface area (Å²) in [6.07, 6.45) is -0.166. The van der Waals surface area contributed by atoms with E-state index < -0.39 is 18.1 Å². The normalized spacial score (nSPS) is 10.8. The molecule has 0 spiro atoms. The second-order valence-corrected chi connectivity index (χ2v) is 4.16. The van der Waals surface area contributed by atoms with E-state index in [1.807, 2.05) is 13.8 Å². The van der Waals surface area contributed by atoms with Crippen molar-refractivity contribution in [1.29, 1.82) is 0 Å². The van der Waals surface area contributed by atoms with E-state index in [1.165, 1.54) is 20.3 Å². The van der Waals surface area contributed by atoms with E-state index in [0.717, 1.165) is 0 Å². The fourth-order valence-corrected chi connectivity index (χ4v) is 1.96. The monoisotopic (exact) mass is 300 g/mol. The van der Waals surface area contributed by atoms with Gasteiger partial charge in [0.25, 0.3) is 0 Å². The summed E-state index contributed by atoms with van der Waals surface area (Å²) in [7, 11) is 2.54. The number of methoxy groups -OCH3 is 2. The Labute approximate surface area is 123 Å². The Morgan fingerprint density at radius 3 is 2.29 bits per heavy atom. The van der Waals surface area contributed by atoms with Crippen molar-refractivity contribution < 1.29 is 28.1 Å². The Morgan fingerprint density at radius 2 is 1.81 bits per heavy atom. The second-order valence-electron chi connectivity index (χ2n) is 4.16. The number of carbonyl (C=O) groups excluding carboxylic acids is 1. The molecule has 0 aliphatic rings. The Morgan fingerprint density at radius 1 is 1.19 bits per heavy atom. The molecule has 1 aromatic rings. The highest BCUT2D eigenvalue weighted by Gasteiger charge is 2.21. The molecule has 21 heavy (non-hydrogen) atoms. The summed E-state index contributed by atoms with van der Waals surface area (Å²) in [6, 6.07) is 2.98. The summed E-state index contributed by atoms with van der Waals surface area (Å²) in [5.74, 6) is -1.49. The Hall–Kier alpha value is -1.66. The van der Waals surface area contributed by atoms with Crippen molar-refractivity contribution in [2.75, 3.05) is 27.4 Å². The van der Waals surface area contributed by atoms with E-state index in [9.17, 15) is 9.18 Å². The lowest BCUT2D eigenvalue weighted by molar-refractivity contribution is -0.134. The quantitative estimate of drug-likeness (QED) is 0.545. The Kier molecular flexibility index (Phi) is 7.11. The van der Waals surface area contributed by atoms with Crippen molar-refractivity contribution in [3.05, 3.63) is 29.1 Å². The van der Waals surface area contributed by atoms with Crippen LogP contribution >= 0.6 is 0 Å². The van der Waals surface area contributed by atoms with Gasteiger partial charge < -0.3 is 18.9 Å². The first-order valence-electron chi connectivity index (χ1n) is 6.75. The zero-order valence-electron chi connectivity index (χ0n) is 12.8. The summed E-state index contributed by atoms with van der Waals surface area (Å²) in [4.78, 5) is 11.5. The molecule has 0 N–H and O–H groups in total.